The summed E-state index contributed by atoms with van der Waals surface area (Å²) in [4.78, 5) is 10.9. The number of nitrogens with one attached hydrogen (secondary N) is 3. The molecule has 1 rings (SSSR count). The second kappa shape index (κ2) is 8.69. The van der Waals surface area contributed by atoms with E-state index in [0.717, 1.165) is 31.5 Å². The molecule has 6 nitrogen and oxygen atoms in total. The Morgan fingerprint density at radius 3 is 2.88 bits per heavy atom. The van der Waals surface area contributed by atoms with Crippen molar-refractivity contribution in [3.63, 3.8) is 0 Å². The van der Waals surface area contributed by atoms with E-state index in [4.69, 9.17) is 0 Å². The van der Waals surface area contributed by atoms with Crippen molar-refractivity contribution in [2.75, 3.05) is 20.1 Å². The maximum Gasteiger partial charge on any atom is 0.233 e. The minimum Gasteiger partial charge on any atom is -0.358 e. The van der Waals surface area contributed by atoms with Crippen LogP contribution in [0.3, 0.4) is 0 Å². The molecule has 0 aromatic carbocycles. The third-order valence-corrected chi connectivity index (χ3v) is 2.57. The SMILES string of the molecule is CNC(=O)CNCCCCCCc1c[nH]nn1. The monoisotopic (exact) mass is 239 g/mol. The molecule has 1 aromatic rings. The lowest BCUT2D eigenvalue weighted by Crippen LogP contribution is -2.31. The van der Waals surface area contributed by atoms with Gasteiger partial charge in [0.15, 0.2) is 0 Å². The summed E-state index contributed by atoms with van der Waals surface area (Å²) in [7, 11) is 1.65. The van der Waals surface area contributed by atoms with Gasteiger partial charge in [-0.25, -0.2) is 0 Å². The maximum absolute atomic E-state index is 10.9. The second-order valence-corrected chi connectivity index (χ2v) is 3.98. The molecule has 1 aromatic heterocycles. The lowest BCUT2D eigenvalue weighted by Gasteiger charge is -2.03. The van der Waals surface area contributed by atoms with Crippen molar-refractivity contribution in [1.82, 2.24) is 26.0 Å². The summed E-state index contributed by atoms with van der Waals surface area (Å²) in [5.74, 6) is 0.0380. The van der Waals surface area contributed by atoms with Gasteiger partial charge in [0.1, 0.15) is 0 Å². The average molecular weight is 239 g/mol. The number of carbonyl (C=O) groups excluding carboxylic acids is 1. The molecule has 0 atom stereocenters. The van der Waals surface area contributed by atoms with Crippen LogP contribution >= 0.6 is 0 Å². The van der Waals surface area contributed by atoms with E-state index in [9.17, 15) is 4.79 Å². The molecule has 1 heterocycles. The number of hydrogen-bond acceptors (Lipinski definition) is 4. The predicted molar refractivity (Wildman–Crippen MR) is 65.5 cm³/mol. The highest BCUT2D eigenvalue weighted by atomic mass is 16.1. The van der Waals surface area contributed by atoms with Crippen molar-refractivity contribution in [3.8, 4) is 0 Å². The first-order valence-electron chi connectivity index (χ1n) is 6.09. The van der Waals surface area contributed by atoms with E-state index in [0.29, 0.717) is 6.54 Å². The molecule has 0 spiro atoms. The van der Waals surface area contributed by atoms with Crippen LogP contribution in [0.4, 0.5) is 0 Å². The third kappa shape index (κ3) is 6.68. The lowest BCUT2D eigenvalue weighted by molar-refractivity contribution is -0.119. The highest BCUT2D eigenvalue weighted by molar-refractivity contribution is 5.77. The van der Waals surface area contributed by atoms with Gasteiger partial charge in [-0.3, -0.25) is 9.89 Å². The Morgan fingerprint density at radius 1 is 1.35 bits per heavy atom. The van der Waals surface area contributed by atoms with Crippen molar-refractivity contribution in [3.05, 3.63) is 11.9 Å². The minimum absolute atomic E-state index is 0.0380. The zero-order chi connectivity index (χ0) is 12.3. The summed E-state index contributed by atoms with van der Waals surface area (Å²) in [6, 6.07) is 0. The van der Waals surface area contributed by atoms with E-state index in [1.807, 2.05) is 6.20 Å². The molecular weight excluding hydrogens is 218 g/mol. The number of H-pyrrole nitrogens is 1. The van der Waals surface area contributed by atoms with E-state index in [2.05, 4.69) is 26.0 Å². The molecule has 0 saturated heterocycles. The predicted octanol–water partition coefficient (Wildman–Crippen LogP) is 0.243. The first kappa shape index (κ1) is 13.6. The van der Waals surface area contributed by atoms with Crippen LogP contribution in [0.2, 0.25) is 0 Å². The zero-order valence-corrected chi connectivity index (χ0v) is 10.3. The summed E-state index contributed by atoms with van der Waals surface area (Å²) in [5.41, 5.74) is 1.03. The third-order valence-electron chi connectivity index (χ3n) is 2.57. The molecule has 0 unspecified atom stereocenters. The molecule has 0 bridgehead atoms. The fourth-order valence-electron chi connectivity index (χ4n) is 1.55. The Bertz CT molecular complexity index is 299. The number of hydrogen-bond donors (Lipinski definition) is 3. The average Bonchev–Trinajstić information content (AvgIpc) is 2.85. The van der Waals surface area contributed by atoms with Crippen LogP contribution in [0.5, 0.6) is 0 Å². The molecule has 0 fully saturated rings. The molecule has 1 amide bonds. The summed E-state index contributed by atoms with van der Waals surface area (Å²) in [6.07, 6.45) is 7.44. The summed E-state index contributed by atoms with van der Waals surface area (Å²) < 4.78 is 0. The second-order valence-electron chi connectivity index (χ2n) is 3.98. The Balaban J connectivity index is 1.83. The summed E-state index contributed by atoms with van der Waals surface area (Å²) >= 11 is 0. The quantitative estimate of drug-likeness (QED) is 0.539. The number of aromatic amines is 1. The van der Waals surface area contributed by atoms with Gasteiger partial charge < -0.3 is 10.6 Å². The largest absolute Gasteiger partial charge is 0.358 e. The molecule has 96 valence electrons. The molecule has 3 N–H and O–H groups in total. The van der Waals surface area contributed by atoms with Crippen molar-refractivity contribution >= 4 is 5.91 Å². The molecule has 0 saturated carbocycles. The van der Waals surface area contributed by atoms with Crippen LogP contribution in [0.25, 0.3) is 0 Å². The van der Waals surface area contributed by atoms with Gasteiger partial charge in [-0.2, -0.15) is 0 Å². The topological polar surface area (TPSA) is 82.7 Å². The minimum atomic E-state index is 0.0380. The molecule has 17 heavy (non-hydrogen) atoms. The van der Waals surface area contributed by atoms with Gasteiger partial charge in [-0.15, -0.1) is 5.10 Å². The van der Waals surface area contributed by atoms with Crippen molar-refractivity contribution in [2.24, 2.45) is 0 Å². The van der Waals surface area contributed by atoms with Crippen LogP contribution in [0.15, 0.2) is 6.20 Å². The van der Waals surface area contributed by atoms with Crippen LogP contribution in [0.1, 0.15) is 31.4 Å². The smallest absolute Gasteiger partial charge is 0.233 e. The van der Waals surface area contributed by atoms with Crippen molar-refractivity contribution in [1.29, 1.82) is 0 Å². The Labute approximate surface area is 102 Å². The van der Waals surface area contributed by atoms with E-state index in [1.165, 1.54) is 12.8 Å². The van der Waals surface area contributed by atoms with Gasteiger partial charge in [-0.1, -0.05) is 18.1 Å². The summed E-state index contributed by atoms with van der Waals surface area (Å²) in [6.45, 7) is 1.31. The van der Waals surface area contributed by atoms with E-state index >= 15 is 0 Å². The highest BCUT2D eigenvalue weighted by Gasteiger charge is 1.97. The molecule has 0 radical (unpaired) electrons. The number of unbranched alkanes of at least 4 members (excludes halogenated alkanes) is 3. The van der Waals surface area contributed by atoms with Gasteiger partial charge in [0.05, 0.1) is 12.2 Å². The fourth-order valence-corrected chi connectivity index (χ4v) is 1.55. The molecule has 0 aliphatic rings. The van der Waals surface area contributed by atoms with Gasteiger partial charge in [0.25, 0.3) is 0 Å². The number of aromatic nitrogens is 3. The zero-order valence-electron chi connectivity index (χ0n) is 10.3. The Morgan fingerprint density at radius 2 is 2.18 bits per heavy atom. The number of nitrogens with zero attached hydrogens (tertiary/aromatic N) is 2. The molecule has 0 aliphatic carbocycles. The van der Waals surface area contributed by atoms with Crippen molar-refractivity contribution in [2.45, 2.75) is 32.1 Å². The molecule has 0 aliphatic heterocycles. The summed E-state index contributed by atoms with van der Waals surface area (Å²) in [5, 5.41) is 16.0. The molecular formula is C11H21N5O. The van der Waals surface area contributed by atoms with E-state index in [-0.39, 0.29) is 5.91 Å². The van der Waals surface area contributed by atoms with Crippen LogP contribution in [0, 0.1) is 0 Å². The van der Waals surface area contributed by atoms with E-state index < -0.39 is 0 Å². The van der Waals surface area contributed by atoms with E-state index in [1.54, 1.807) is 7.05 Å². The van der Waals surface area contributed by atoms with Gasteiger partial charge in [0, 0.05) is 13.2 Å². The molecule has 6 heteroatoms. The first-order chi connectivity index (χ1) is 8.33. The van der Waals surface area contributed by atoms with Crippen LogP contribution in [-0.2, 0) is 11.2 Å². The lowest BCUT2D eigenvalue weighted by atomic mass is 10.1. The maximum atomic E-state index is 10.9. The van der Waals surface area contributed by atoms with Crippen molar-refractivity contribution < 1.29 is 4.79 Å². The normalized spacial score (nSPS) is 10.4. The van der Waals surface area contributed by atoms with Gasteiger partial charge in [0.2, 0.25) is 5.91 Å². The van der Waals surface area contributed by atoms with Gasteiger partial charge in [-0.05, 0) is 25.8 Å². The number of likely N-dealkylation sites (N-methyl/N-ethyl adjacent to an activating group) is 1. The standard InChI is InChI=1S/C11H21N5O/c1-12-11(17)9-13-7-5-3-2-4-6-10-8-14-16-15-10/h8,13H,2-7,9H2,1H3,(H,12,17)(H,14,15,16). The first-order valence-corrected chi connectivity index (χ1v) is 6.09. The Kier molecular flexibility index (Phi) is 6.97. The number of amides is 1. The fraction of sp³-hybridized carbons (Fsp3) is 0.727. The number of aryl methyl sites for hydroxylation is 1. The highest BCUT2D eigenvalue weighted by Crippen LogP contribution is 2.03. The number of carbonyl (C=O) groups is 1. The van der Waals surface area contributed by atoms with Crippen LogP contribution in [-0.4, -0.2) is 41.5 Å². The number of rotatable bonds is 9. The van der Waals surface area contributed by atoms with Crippen LogP contribution < -0.4 is 10.6 Å². The van der Waals surface area contributed by atoms with Gasteiger partial charge >= 0.3 is 0 Å². The Hall–Kier alpha value is -1.43.